The number of nitro groups is 1. The van der Waals surface area contributed by atoms with Crippen molar-refractivity contribution in [2.45, 2.75) is 12.8 Å². The number of benzene rings is 2. The lowest BCUT2D eigenvalue weighted by molar-refractivity contribution is -0.384. The second-order valence-corrected chi connectivity index (χ2v) is 7.40. The van der Waals surface area contributed by atoms with E-state index in [1.54, 1.807) is 17.0 Å². The van der Waals surface area contributed by atoms with Crippen molar-refractivity contribution in [3.8, 4) is 0 Å². The van der Waals surface area contributed by atoms with Gasteiger partial charge in [-0.15, -0.1) is 0 Å². The van der Waals surface area contributed by atoms with Gasteiger partial charge in [0, 0.05) is 42.7 Å². The normalized spacial score (nSPS) is 14.6. The molecule has 0 aliphatic carbocycles. The highest BCUT2D eigenvalue weighted by Gasteiger charge is 2.26. The molecule has 0 bridgehead atoms. The molecule has 1 saturated heterocycles. The topological polar surface area (TPSA) is 106 Å². The summed E-state index contributed by atoms with van der Waals surface area (Å²) in [6.45, 7) is 1.65. The molecule has 3 aromatic rings. The number of nitro benzene ring substituents is 1. The fourth-order valence-electron chi connectivity index (χ4n) is 3.68. The van der Waals surface area contributed by atoms with E-state index in [1.165, 1.54) is 18.2 Å². The summed E-state index contributed by atoms with van der Waals surface area (Å²) in [4.78, 5) is 37.1. The average Bonchev–Trinajstić information content (AvgIpc) is 3.21. The Hall–Kier alpha value is -3.68. The van der Waals surface area contributed by atoms with E-state index in [1.807, 2.05) is 24.3 Å². The number of carbonyl (C=O) groups is 2. The molecule has 2 heterocycles. The predicted molar refractivity (Wildman–Crippen MR) is 110 cm³/mol. The first-order valence-electron chi connectivity index (χ1n) is 9.82. The van der Waals surface area contributed by atoms with Crippen LogP contribution in [0.2, 0.25) is 0 Å². The van der Waals surface area contributed by atoms with Crippen LogP contribution >= 0.6 is 0 Å². The van der Waals surface area contributed by atoms with Gasteiger partial charge in [-0.05, 0) is 37.0 Å². The molecule has 1 fully saturated rings. The Bertz CT molecular complexity index is 1070. The van der Waals surface area contributed by atoms with Crippen LogP contribution in [0.4, 0.5) is 5.69 Å². The molecule has 2 aromatic carbocycles. The minimum atomic E-state index is -0.522. The summed E-state index contributed by atoms with van der Waals surface area (Å²) in [6.07, 6.45) is 1.53. The van der Waals surface area contributed by atoms with Gasteiger partial charge in [0.05, 0.1) is 4.92 Å². The second-order valence-electron chi connectivity index (χ2n) is 7.40. The minimum Gasteiger partial charge on any atom is -0.451 e. The monoisotopic (exact) mass is 407 g/mol. The van der Waals surface area contributed by atoms with Crippen molar-refractivity contribution in [2.24, 2.45) is 5.92 Å². The molecule has 1 aromatic heterocycles. The quantitative estimate of drug-likeness (QED) is 0.514. The van der Waals surface area contributed by atoms with Crippen molar-refractivity contribution in [2.75, 3.05) is 19.6 Å². The maximum atomic E-state index is 12.7. The smallest absolute Gasteiger partial charge is 0.289 e. The molecule has 0 spiro atoms. The molecule has 0 saturated carbocycles. The number of hydrogen-bond acceptors (Lipinski definition) is 5. The summed E-state index contributed by atoms with van der Waals surface area (Å²) in [7, 11) is 0. The van der Waals surface area contributed by atoms with E-state index >= 15 is 0 Å². The van der Waals surface area contributed by atoms with Crippen LogP contribution < -0.4 is 5.32 Å². The van der Waals surface area contributed by atoms with Gasteiger partial charge in [-0.25, -0.2) is 0 Å². The third-order valence-corrected chi connectivity index (χ3v) is 5.41. The molecule has 154 valence electrons. The number of amides is 2. The van der Waals surface area contributed by atoms with Crippen molar-refractivity contribution < 1.29 is 18.9 Å². The maximum absolute atomic E-state index is 12.7. The Morgan fingerprint density at radius 2 is 1.87 bits per heavy atom. The maximum Gasteiger partial charge on any atom is 0.289 e. The molecule has 1 aliphatic rings. The average molecular weight is 407 g/mol. The van der Waals surface area contributed by atoms with Crippen LogP contribution in [0.1, 0.15) is 33.8 Å². The lowest BCUT2D eigenvalue weighted by Crippen LogP contribution is -2.41. The number of likely N-dealkylation sites (tertiary alicyclic amines) is 1. The first-order valence-corrected chi connectivity index (χ1v) is 9.82. The fraction of sp³-hybridized carbons (Fsp3) is 0.273. The summed E-state index contributed by atoms with van der Waals surface area (Å²) in [6, 6.07) is 15.0. The van der Waals surface area contributed by atoms with E-state index in [-0.39, 0.29) is 29.0 Å². The molecule has 0 atom stereocenters. The predicted octanol–water partition coefficient (Wildman–Crippen LogP) is 3.62. The summed E-state index contributed by atoms with van der Waals surface area (Å²) in [5.41, 5.74) is 0.848. The van der Waals surface area contributed by atoms with Gasteiger partial charge < -0.3 is 14.6 Å². The van der Waals surface area contributed by atoms with Crippen LogP contribution in [0.5, 0.6) is 0 Å². The summed E-state index contributed by atoms with van der Waals surface area (Å²) in [5.74, 6) is 0.130. The Kier molecular flexibility index (Phi) is 5.47. The van der Waals surface area contributed by atoms with Gasteiger partial charge in [-0.1, -0.05) is 24.3 Å². The van der Waals surface area contributed by atoms with Crippen LogP contribution in [0, 0.1) is 16.0 Å². The fourth-order valence-corrected chi connectivity index (χ4v) is 3.68. The number of carbonyl (C=O) groups excluding carboxylic acids is 2. The SMILES string of the molecule is O=C(NCC1CCN(C(=O)c2cc3ccccc3o2)CC1)c1cccc([N+](=O)[O-])c1. The van der Waals surface area contributed by atoms with Crippen molar-refractivity contribution in [3.63, 3.8) is 0 Å². The van der Waals surface area contributed by atoms with Gasteiger partial charge in [0.1, 0.15) is 5.58 Å². The standard InChI is InChI=1S/C22H21N3O5/c26-21(17-5-3-6-18(12-17)25(28)29)23-14-15-8-10-24(11-9-15)22(27)20-13-16-4-1-2-7-19(16)30-20/h1-7,12-13,15H,8-11,14H2,(H,23,26). The van der Waals surface area contributed by atoms with Gasteiger partial charge in [-0.3, -0.25) is 19.7 Å². The molecule has 2 amide bonds. The first kappa shape index (κ1) is 19.6. The lowest BCUT2D eigenvalue weighted by atomic mass is 9.96. The van der Waals surface area contributed by atoms with Crippen molar-refractivity contribution in [3.05, 3.63) is 76.0 Å². The molecular weight excluding hydrogens is 386 g/mol. The molecule has 1 aliphatic heterocycles. The van der Waals surface area contributed by atoms with Gasteiger partial charge in [0.15, 0.2) is 5.76 Å². The molecule has 8 nitrogen and oxygen atoms in total. The highest BCUT2D eigenvalue weighted by molar-refractivity contribution is 5.96. The highest BCUT2D eigenvalue weighted by Crippen LogP contribution is 2.23. The van der Waals surface area contributed by atoms with Gasteiger partial charge >= 0.3 is 0 Å². The zero-order valence-electron chi connectivity index (χ0n) is 16.2. The van der Waals surface area contributed by atoms with Crippen LogP contribution in [0.3, 0.4) is 0 Å². The van der Waals surface area contributed by atoms with Crippen LogP contribution in [-0.4, -0.2) is 41.3 Å². The summed E-state index contributed by atoms with van der Waals surface area (Å²) < 4.78 is 5.67. The zero-order valence-corrected chi connectivity index (χ0v) is 16.2. The van der Waals surface area contributed by atoms with Crippen LogP contribution in [0.25, 0.3) is 11.0 Å². The number of non-ortho nitro benzene ring substituents is 1. The number of rotatable bonds is 5. The third-order valence-electron chi connectivity index (χ3n) is 5.41. The number of para-hydroxylation sites is 1. The number of furan rings is 1. The van der Waals surface area contributed by atoms with E-state index in [0.29, 0.717) is 31.0 Å². The van der Waals surface area contributed by atoms with E-state index in [2.05, 4.69) is 5.32 Å². The van der Waals surface area contributed by atoms with Gasteiger partial charge in [-0.2, -0.15) is 0 Å². The number of hydrogen-bond donors (Lipinski definition) is 1. The number of piperidine rings is 1. The van der Waals surface area contributed by atoms with Gasteiger partial charge in [0.25, 0.3) is 17.5 Å². The molecule has 0 radical (unpaired) electrons. The van der Waals surface area contributed by atoms with Crippen LogP contribution in [0.15, 0.2) is 59.0 Å². The molecule has 8 heteroatoms. The van der Waals surface area contributed by atoms with E-state index in [0.717, 1.165) is 18.2 Å². The van der Waals surface area contributed by atoms with E-state index in [4.69, 9.17) is 4.42 Å². The van der Waals surface area contributed by atoms with Crippen molar-refractivity contribution in [1.29, 1.82) is 0 Å². The summed E-state index contributed by atoms with van der Waals surface area (Å²) in [5, 5.41) is 14.6. The van der Waals surface area contributed by atoms with Crippen LogP contribution in [-0.2, 0) is 0 Å². The Labute approximate surface area is 172 Å². The van der Waals surface area contributed by atoms with E-state index < -0.39 is 4.92 Å². The molecule has 1 N–H and O–H groups in total. The Morgan fingerprint density at radius 3 is 2.60 bits per heavy atom. The number of fused-ring (bicyclic) bond motifs is 1. The number of nitrogens with one attached hydrogen (secondary N) is 1. The molecule has 0 unspecified atom stereocenters. The number of nitrogens with zero attached hydrogens (tertiary/aromatic N) is 2. The molecular formula is C22H21N3O5. The highest BCUT2D eigenvalue weighted by atomic mass is 16.6. The van der Waals surface area contributed by atoms with Crippen molar-refractivity contribution in [1.82, 2.24) is 10.2 Å². The third kappa shape index (κ3) is 4.17. The lowest BCUT2D eigenvalue weighted by Gasteiger charge is -2.31. The second kappa shape index (κ2) is 8.36. The summed E-state index contributed by atoms with van der Waals surface area (Å²) >= 11 is 0. The minimum absolute atomic E-state index is 0.111. The molecule has 30 heavy (non-hydrogen) atoms. The zero-order chi connectivity index (χ0) is 21.1. The first-order chi connectivity index (χ1) is 14.5. The largest absolute Gasteiger partial charge is 0.451 e. The Balaban J connectivity index is 1.29. The van der Waals surface area contributed by atoms with Crippen molar-refractivity contribution >= 4 is 28.5 Å². The van der Waals surface area contributed by atoms with Gasteiger partial charge in [0.2, 0.25) is 0 Å². The molecule has 4 rings (SSSR count). The Morgan fingerprint density at radius 1 is 1.10 bits per heavy atom. The van der Waals surface area contributed by atoms with E-state index in [9.17, 15) is 19.7 Å².